The summed E-state index contributed by atoms with van der Waals surface area (Å²) in [4.78, 5) is 12.3. The molecule has 3 aromatic carbocycles. The lowest BCUT2D eigenvalue weighted by Crippen LogP contribution is -1.96. The second-order valence-electron chi connectivity index (χ2n) is 5.76. The van der Waals surface area contributed by atoms with Crippen LogP contribution >= 0.6 is 0 Å². The molecule has 4 rings (SSSR count). The number of hydrogen-bond donors (Lipinski definition) is 0. The molecule has 0 bridgehead atoms. The molecule has 0 fully saturated rings. The van der Waals surface area contributed by atoms with Crippen LogP contribution in [-0.4, -0.2) is 5.78 Å². The molecule has 0 aliphatic heterocycles. The van der Waals surface area contributed by atoms with Crippen LogP contribution in [0, 0.1) is 0 Å². The summed E-state index contributed by atoms with van der Waals surface area (Å²) in [6.45, 7) is 0. The molecule has 1 unspecified atom stereocenters. The molecule has 0 heterocycles. The third-order valence-electron chi connectivity index (χ3n) is 4.43. The van der Waals surface area contributed by atoms with Crippen LogP contribution in [0.3, 0.4) is 0 Å². The van der Waals surface area contributed by atoms with Gasteiger partial charge in [-0.05, 0) is 28.3 Å². The first-order chi connectivity index (χ1) is 10.8. The highest BCUT2D eigenvalue weighted by Gasteiger charge is 2.30. The minimum atomic E-state index is 0.187. The summed E-state index contributed by atoms with van der Waals surface area (Å²) in [5.74, 6) is 0.441. The van der Waals surface area contributed by atoms with E-state index in [0.717, 1.165) is 11.1 Å². The minimum Gasteiger partial charge on any atom is -0.294 e. The van der Waals surface area contributed by atoms with E-state index >= 15 is 0 Å². The van der Waals surface area contributed by atoms with Crippen molar-refractivity contribution >= 4 is 5.78 Å². The molecular weight excluding hydrogens is 268 g/mol. The fraction of sp³-hybridized carbons (Fsp3) is 0.0952. The van der Waals surface area contributed by atoms with E-state index in [2.05, 4.69) is 36.4 Å². The van der Waals surface area contributed by atoms with Crippen LogP contribution < -0.4 is 0 Å². The molecule has 22 heavy (non-hydrogen) atoms. The van der Waals surface area contributed by atoms with E-state index in [1.54, 1.807) is 0 Å². The third-order valence-corrected chi connectivity index (χ3v) is 4.43. The van der Waals surface area contributed by atoms with Crippen molar-refractivity contribution in [3.05, 3.63) is 95.6 Å². The van der Waals surface area contributed by atoms with E-state index in [1.807, 2.05) is 42.5 Å². The van der Waals surface area contributed by atoms with Crippen LogP contribution in [0.25, 0.3) is 11.1 Å². The summed E-state index contributed by atoms with van der Waals surface area (Å²) in [6.07, 6.45) is 0.581. The topological polar surface area (TPSA) is 17.1 Å². The minimum absolute atomic E-state index is 0.187. The van der Waals surface area contributed by atoms with Crippen molar-refractivity contribution in [2.45, 2.75) is 12.3 Å². The average Bonchev–Trinajstić information content (AvgIpc) is 2.93. The Bertz CT molecular complexity index is 819. The van der Waals surface area contributed by atoms with Gasteiger partial charge >= 0.3 is 0 Å². The maximum Gasteiger partial charge on any atom is 0.164 e. The maximum absolute atomic E-state index is 12.3. The Hall–Kier alpha value is -2.67. The fourth-order valence-electron chi connectivity index (χ4n) is 3.30. The number of Topliss-reactive ketones (excluding diaryl/α,β-unsaturated/α-hetero) is 1. The summed E-state index contributed by atoms with van der Waals surface area (Å²) in [7, 11) is 0. The van der Waals surface area contributed by atoms with Gasteiger partial charge in [-0.25, -0.2) is 0 Å². The molecule has 0 amide bonds. The van der Waals surface area contributed by atoms with Gasteiger partial charge in [-0.1, -0.05) is 72.8 Å². The van der Waals surface area contributed by atoms with Crippen molar-refractivity contribution in [2.24, 2.45) is 0 Å². The SMILES string of the molecule is O=C1CC(c2ccccc2)c2cc(-c3ccccc3)ccc21. The van der Waals surface area contributed by atoms with E-state index in [0.29, 0.717) is 6.42 Å². The zero-order valence-electron chi connectivity index (χ0n) is 12.2. The Morgan fingerprint density at radius 1 is 0.727 bits per heavy atom. The molecule has 106 valence electrons. The highest BCUT2D eigenvalue weighted by molar-refractivity contribution is 6.02. The number of hydrogen-bond acceptors (Lipinski definition) is 1. The van der Waals surface area contributed by atoms with Gasteiger partial charge in [0, 0.05) is 17.9 Å². The standard InChI is InChI=1S/C21H16O/c22-21-14-19(16-9-5-2-6-10-16)20-13-17(11-12-18(20)21)15-7-3-1-4-8-15/h1-13,19H,14H2. The maximum atomic E-state index is 12.3. The average molecular weight is 284 g/mol. The van der Waals surface area contributed by atoms with E-state index in [4.69, 9.17) is 0 Å². The van der Waals surface area contributed by atoms with Gasteiger partial charge in [0.25, 0.3) is 0 Å². The van der Waals surface area contributed by atoms with Gasteiger partial charge in [0.05, 0.1) is 0 Å². The number of benzene rings is 3. The molecule has 1 nitrogen and oxygen atoms in total. The molecule has 0 radical (unpaired) electrons. The molecule has 1 aliphatic rings. The summed E-state index contributed by atoms with van der Waals surface area (Å²) in [5, 5.41) is 0. The first-order valence-electron chi connectivity index (χ1n) is 7.60. The van der Waals surface area contributed by atoms with Crippen LogP contribution in [0.1, 0.15) is 33.8 Å². The lowest BCUT2D eigenvalue weighted by atomic mass is 9.91. The van der Waals surface area contributed by atoms with Gasteiger partial charge in [0.2, 0.25) is 0 Å². The van der Waals surface area contributed by atoms with Gasteiger partial charge in [0.15, 0.2) is 5.78 Å². The molecular formula is C21H16O. The largest absolute Gasteiger partial charge is 0.294 e. The van der Waals surface area contributed by atoms with Crippen molar-refractivity contribution in [1.29, 1.82) is 0 Å². The van der Waals surface area contributed by atoms with Crippen molar-refractivity contribution in [1.82, 2.24) is 0 Å². The Kier molecular flexibility index (Phi) is 3.12. The van der Waals surface area contributed by atoms with Crippen LogP contribution in [-0.2, 0) is 0 Å². The molecule has 0 saturated carbocycles. The third kappa shape index (κ3) is 2.15. The van der Waals surface area contributed by atoms with E-state index in [-0.39, 0.29) is 11.7 Å². The predicted octanol–water partition coefficient (Wildman–Crippen LogP) is 5.07. The summed E-state index contributed by atoms with van der Waals surface area (Å²) in [5.41, 5.74) is 5.64. The smallest absolute Gasteiger partial charge is 0.164 e. The lowest BCUT2D eigenvalue weighted by Gasteiger charge is -2.12. The van der Waals surface area contributed by atoms with E-state index in [9.17, 15) is 4.79 Å². The molecule has 3 aromatic rings. The molecule has 0 aromatic heterocycles. The van der Waals surface area contributed by atoms with Crippen molar-refractivity contribution in [3.8, 4) is 11.1 Å². The summed E-state index contributed by atoms with van der Waals surface area (Å²) < 4.78 is 0. The Labute approximate surface area is 130 Å². The summed E-state index contributed by atoms with van der Waals surface area (Å²) >= 11 is 0. The van der Waals surface area contributed by atoms with Crippen LogP contribution in [0.4, 0.5) is 0 Å². The molecule has 0 spiro atoms. The number of ketones is 1. The normalized spacial score (nSPS) is 16.5. The second-order valence-corrected chi connectivity index (χ2v) is 5.76. The Morgan fingerprint density at radius 3 is 2.14 bits per heavy atom. The van der Waals surface area contributed by atoms with Crippen molar-refractivity contribution in [2.75, 3.05) is 0 Å². The zero-order chi connectivity index (χ0) is 14.9. The van der Waals surface area contributed by atoms with E-state index in [1.165, 1.54) is 16.7 Å². The Morgan fingerprint density at radius 2 is 1.41 bits per heavy atom. The molecule has 1 atom stereocenters. The number of carbonyl (C=O) groups excluding carboxylic acids is 1. The quantitative estimate of drug-likeness (QED) is 0.642. The number of rotatable bonds is 2. The van der Waals surface area contributed by atoms with Gasteiger partial charge < -0.3 is 0 Å². The summed E-state index contributed by atoms with van der Waals surface area (Å²) in [6, 6.07) is 26.9. The van der Waals surface area contributed by atoms with Crippen LogP contribution in [0.15, 0.2) is 78.9 Å². The monoisotopic (exact) mass is 284 g/mol. The highest BCUT2D eigenvalue weighted by Crippen LogP contribution is 2.39. The Balaban J connectivity index is 1.83. The zero-order valence-corrected chi connectivity index (χ0v) is 12.2. The fourth-order valence-corrected chi connectivity index (χ4v) is 3.30. The first kappa shape index (κ1) is 13.0. The molecule has 1 heteroatoms. The molecule has 0 saturated heterocycles. The van der Waals surface area contributed by atoms with Crippen LogP contribution in [0.5, 0.6) is 0 Å². The van der Waals surface area contributed by atoms with Gasteiger partial charge in [-0.2, -0.15) is 0 Å². The van der Waals surface area contributed by atoms with E-state index < -0.39 is 0 Å². The predicted molar refractivity (Wildman–Crippen MR) is 89.1 cm³/mol. The lowest BCUT2D eigenvalue weighted by molar-refractivity contribution is 0.0991. The van der Waals surface area contributed by atoms with Gasteiger partial charge in [0.1, 0.15) is 0 Å². The molecule has 0 N–H and O–H groups in total. The first-order valence-corrected chi connectivity index (χ1v) is 7.60. The second kappa shape index (κ2) is 5.27. The number of carbonyl (C=O) groups is 1. The molecule has 1 aliphatic carbocycles. The van der Waals surface area contributed by atoms with Gasteiger partial charge in [-0.3, -0.25) is 4.79 Å². The van der Waals surface area contributed by atoms with Gasteiger partial charge in [-0.15, -0.1) is 0 Å². The van der Waals surface area contributed by atoms with Crippen molar-refractivity contribution in [3.63, 3.8) is 0 Å². The van der Waals surface area contributed by atoms with Crippen molar-refractivity contribution < 1.29 is 4.79 Å². The van der Waals surface area contributed by atoms with Crippen LogP contribution in [0.2, 0.25) is 0 Å². The highest BCUT2D eigenvalue weighted by atomic mass is 16.1. The number of fused-ring (bicyclic) bond motifs is 1.